The highest BCUT2D eigenvalue weighted by atomic mass is 19.4. The molecule has 0 spiro atoms. The van der Waals surface area contributed by atoms with Crippen molar-refractivity contribution in [3.8, 4) is 17.0 Å². The number of aliphatic hydroxyl groups is 1. The molecule has 0 radical (unpaired) electrons. The lowest BCUT2D eigenvalue weighted by atomic mass is 10.1. The topological polar surface area (TPSA) is 68.4 Å². The number of aromatic nitrogens is 1. The molecule has 0 atom stereocenters. The molecule has 0 aliphatic carbocycles. The van der Waals surface area contributed by atoms with E-state index < -0.39 is 6.36 Å². The number of pyridine rings is 1. The fraction of sp³-hybridized carbons (Fsp3) is 0.154. The second-order valence-corrected chi connectivity index (χ2v) is 4.01. The average molecular weight is 284 g/mol. The molecule has 0 saturated heterocycles. The van der Waals surface area contributed by atoms with E-state index in [0.717, 1.165) is 0 Å². The molecule has 1 aromatic carbocycles. The van der Waals surface area contributed by atoms with E-state index in [1.807, 2.05) is 0 Å². The molecule has 0 fully saturated rings. The quantitative estimate of drug-likeness (QED) is 0.909. The maximum atomic E-state index is 12.2. The number of hydrogen-bond acceptors (Lipinski definition) is 4. The molecule has 2 rings (SSSR count). The van der Waals surface area contributed by atoms with Crippen LogP contribution in [0.3, 0.4) is 0 Å². The Morgan fingerprint density at radius 1 is 1.25 bits per heavy atom. The largest absolute Gasteiger partial charge is 0.573 e. The summed E-state index contributed by atoms with van der Waals surface area (Å²) in [6, 6.07) is 6.88. The summed E-state index contributed by atoms with van der Waals surface area (Å²) in [5.74, 6) is -0.350. The van der Waals surface area contributed by atoms with Crippen LogP contribution in [0.25, 0.3) is 11.3 Å². The summed E-state index contributed by atoms with van der Waals surface area (Å²) in [4.78, 5) is 4.04. The minimum Gasteiger partial charge on any atom is -0.406 e. The number of benzene rings is 1. The van der Waals surface area contributed by atoms with E-state index in [-0.39, 0.29) is 12.4 Å². The van der Waals surface area contributed by atoms with Crippen LogP contribution in [-0.2, 0) is 6.61 Å². The molecule has 0 aliphatic rings. The zero-order valence-electron chi connectivity index (χ0n) is 10.2. The standard InChI is InChI=1S/C13H11F3N2O2/c14-13(15,16)20-11-3-1-2-8(5-11)12-9(7-19)4-10(17)6-18-12/h1-6,19H,7,17H2. The van der Waals surface area contributed by atoms with Crippen LogP contribution in [-0.4, -0.2) is 16.5 Å². The van der Waals surface area contributed by atoms with Crippen molar-refractivity contribution in [3.05, 3.63) is 42.1 Å². The highest BCUT2D eigenvalue weighted by Crippen LogP contribution is 2.29. The number of anilines is 1. The Morgan fingerprint density at radius 3 is 2.65 bits per heavy atom. The minimum absolute atomic E-state index is 0.322. The number of hydrogen-bond donors (Lipinski definition) is 2. The van der Waals surface area contributed by atoms with E-state index in [1.165, 1.54) is 30.5 Å². The number of rotatable bonds is 3. The van der Waals surface area contributed by atoms with Crippen LogP contribution in [0, 0.1) is 0 Å². The van der Waals surface area contributed by atoms with Gasteiger partial charge in [0.25, 0.3) is 0 Å². The first-order valence-corrected chi connectivity index (χ1v) is 5.60. The third-order valence-electron chi connectivity index (χ3n) is 2.50. The average Bonchev–Trinajstić information content (AvgIpc) is 2.36. The Balaban J connectivity index is 2.41. The normalized spacial score (nSPS) is 11.4. The van der Waals surface area contributed by atoms with Crippen molar-refractivity contribution in [2.24, 2.45) is 0 Å². The van der Waals surface area contributed by atoms with Gasteiger partial charge in [-0.25, -0.2) is 0 Å². The Bertz CT molecular complexity index is 615. The fourth-order valence-electron chi connectivity index (χ4n) is 1.75. The van der Waals surface area contributed by atoms with Gasteiger partial charge in [-0.05, 0) is 18.2 Å². The lowest BCUT2D eigenvalue weighted by molar-refractivity contribution is -0.274. The second kappa shape index (κ2) is 5.38. The Hall–Kier alpha value is -2.28. The van der Waals surface area contributed by atoms with E-state index in [9.17, 15) is 18.3 Å². The van der Waals surface area contributed by atoms with Crippen LogP contribution < -0.4 is 10.5 Å². The Kier molecular flexibility index (Phi) is 3.80. The molecule has 1 aromatic heterocycles. The van der Waals surface area contributed by atoms with Crippen molar-refractivity contribution in [2.45, 2.75) is 13.0 Å². The molecule has 0 unspecified atom stereocenters. The van der Waals surface area contributed by atoms with Gasteiger partial charge in [-0.15, -0.1) is 13.2 Å². The van der Waals surface area contributed by atoms with Crippen LogP contribution in [0.1, 0.15) is 5.56 Å². The molecule has 4 nitrogen and oxygen atoms in total. The van der Waals surface area contributed by atoms with Gasteiger partial charge in [0, 0.05) is 11.1 Å². The van der Waals surface area contributed by atoms with Gasteiger partial charge in [0.15, 0.2) is 0 Å². The summed E-state index contributed by atoms with van der Waals surface area (Å²) >= 11 is 0. The summed E-state index contributed by atoms with van der Waals surface area (Å²) in [5, 5.41) is 9.25. The molecule has 20 heavy (non-hydrogen) atoms. The molecular formula is C13H11F3N2O2. The highest BCUT2D eigenvalue weighted by Gasteiger charge is 2.31. The molecule has 7 heteroatoms. The zero-order valence-corrected chi connectivity index (χ0v) is 10.2. The molecule has 0 amide bonds. The van der Waals surface area contributed by atoms with Gasteiger partial charge in [-0.3, -0.25) is 4.98 Å². The molecule has 3 N–H and O–H groups in total. The van der Waals surface area contributed by atoms with E-state index in [2.05, 4.69) is 9.72 Å². The Labute approximate surface area is 112 Å². The first kappa shape index (κ1) is 14.1. The molecule has 0 aliphatic heterocycles. The van der Waals surface area contributed by atoms with Crippen LogP contribution in [0.15, 0.2) is 36.5 Å². The van der Waals surface area contributed by atoms with Crippen LogP contribution in [0.2, 0.25) is 0 Å². The predicted molar refractivity (Wildman–Crippen MR) is 66.7 cm³/mol. The molecule has 106 valence electrons. The molecule has 0 bridgehead atoms. The van der Waals surface area contributed by atoms with Crippen molar-refractivity contribution in [3.63, 3.8) is 0 Å². The molecular weight excluding hydrogens is 273 g/mol. The van der Waals surface area contributed by atoms with Gasteiger partial charge in [0.05, 0.1) is 24.2 Å². The molecule has 2 aromatic rings. The van der Waals surface area contributed by atoms with E-state index in [1.54, 1.807) is 6.07 Å². The number of nitrogens with two attached hydrogens (primary N) is 1. The number of nitrogen functional groups attached to an aromatic ring is 1. The van der Waals surface area contributed by atoms with Gasteiger partial charge in [-0.1, -0.05) is 12.1 Å². The van der Waals surface area contributed by atoms with Crippen LogP contribution >= 0.6 is 0 Å². The fourth-order valence-corrected chi connectivity index (χ4v) is 1.75. The zero-order chi connectivity index (χ0) is 14.8. The summed E-state index contributed by atoms with van der Waals surface area (Å²) in [5.41, 5.74) is 7.09. The summed E-state index contributed by atoms with van der Waals surface area (Å²) in [6.45, 7) is -0.322. The number of aliphatic hydroxyl groups excluding tert-OH is 1. The third-order valence-corrected chi connectivity index (χ3v) is 2.50. The molecule has 1 heterocycles. The third kappa shape index (κ3) is 3.39. The van der Waals surface area contributed by atoms with Gasteiger partial charge in [-0.2, -0.15) is 0 Å². The van der Waals surface area contributed by atoms with Crippen molar-refractivity contribution in [1.29, 1.82) is 0 Å². The molecule has 0 saturated carbocycles. The Morgan fingerprint density at radius 2 is 2.00 bits per heavy atom. The van der Waals surface area contributed by atoms with Crippen molar-refractivity contribution in [1.82, 2.24) is 4.98 Å². The highest BCUT2D eigenvalue weighted by molar-refractivity contribution is 5.66. The van der Waals surface area contributed by atoms with Gasteiger partial charge < -0.3 is 15.6 Å². The maximum absolute atomic E-state index is 12.2. The lowest BCUT2D eigenvalue weighted by Gasteiger charge is -2.11. The van der Waals surface area contributed by atoms with Crippen LogP contribution in [0.4, 0.5) is 18.9 Å². The van der Waals surface area contributed by atoms with Crippen molar-refractivity contribution >= 4 is 5.69 Å². The first-order chi connectivity index (χ1) is 9.39. The predicted octanol–water partition coefficient (Wildman–Crippen LogP) is 2.72. The second-order valence-electron chi connectivity index (χ2n) is 4.01. The van der Waals surface area contributed by atoms with Gasteiger partial charge >= 0.3 is 6.36 Å². The lowest BCUT2D eigenvalue weighted by Crippen LogP contribution is -2.17. The number of ether oxygens (including phenoxy) is 1. The number of halogens is 3. The van der Waals surface area contributed by atoms with Gasteiger partial charge in [0.1, 0.15) is 5.75 Å². The summed E-state index contributed by atoms with van der Waals surface area (Å²) < 4.78 is 40.4. The smallest absolute Gasteiger partial charge is 0.406 e. The summed E-state index contributed by atoms with van der Waals surface area (Å²) in [6.07, 6.45) is -3.39. The SMILES string of the molecule is Nc1cnc(-c2cccc(OC(F)(F)F)c2)c(CO)c1. The number of alkyl halides is 3. The van der Waals surface area contributed by atoms with Crippen LogP contribution in [0.5, 0.6) is 5.75 Å². The van der Waals surface area contributed by atoms with Gasteiger partial charge in [0.2, 0.25) is 0 Å². The minimum atomic E-state index is -4.76. The van der Waals surface area contributed by atoms with E-state index in [4.69, 9.17) is 5.73 Å². The number of nitrogens with zero attached hydrogens (tertiary/aromatic N) is 1. The monoisotopic (exact) mass is 284 g/mol. The van der Waals surface area contributed by atoms with E-state index >= 15 is 0 Å². The first-order valence-electron chi connectivity index (χ1n) is 5.60. The summed E-state index contributed by atoms with van der Waals surface area (Å²) in [7, 11) is 0. The van der Waals surface area contributed by atoms with E-state index in [0.29, 0.717) is 22.5 Å². The van der Waals surface area contributed by atoms with Crippen molar-refractivity contribution < 1.29 is 23.0 Å². The van der Waals surface area contributed by atoms with Crippen molar-refractivity contribution in [2.75, 3.05) is 5.73 Å². The maximum Gasteiger partial charge on any atom is 0.573 e.